The minimum absolute atomic E-state index is 0.00971. The van der Waals surface area contributed by atoms with Crippen molar-refractivity contribution in [2.45, 2.75) is 11.6 Å². The molecule has 8 heteroatoms. The Bertz CT molecular complexity index is 760. The molecule has 1 saturated heterocycles. The highest BCUT2D eigenvalue weighted by Gasteiger charge is 2.35. The van der Waals surface area contributed by atoms with Crippen LogP contribution in [0, 0.1) is 0 Å². The fourth-order valence-corrected chi connectivity index (χ4v) is 4.01. The maximum atomic E-state index is 13.2. The number of methoxy groups -OCH3 is 1. The number of hydrogen-bond acceptors (Lipinski definition) is 3. The lowest BCUT2D eigenvalue weighted by molar-refractivity contribution is -0.137. The van der Waals surface area contributed by atoms with E-state index in [0.717, 1.165) is 11.6 Å². The van der Waals surface area contributed by atoms with E-state index in [1.54, 1.807) is 36.5 Å². The van der Waals surface area contributed by atoms with E-state index in [4.69, 9.17) is 4.74 Å². The van der Waals surface area contributed by atoms with Gasteiger partial charge in [-0.3, -0.25) is 4.79 Å². The molecule has 0 N–H and O–H groups in total. The Morgan fingerprint density at radius 3 is 2.76 bits per heavy atom. The summed E-state index contributed by atoms with van der Waals surface area (Å²) in [4.78, 5) is 13.7. The number of hydrogen-bond donors (Lipinski definition) is 0. The van der Waals surface area contributed by atoms with Crippen molar-refractivity contribution in [2.24, 2.45) is 0 Å². The number of nitrogens with zero attached hydrogens (tertiary/aromatic N) is 2. The normalized spacial score (nSPS) is 18.2. The molecule has 0 spiro atoms. The third-order valence-corrected chi connectivity index (χ3v) is 5.25. The Kier molecular flexibility index (Phi) is 5.10. The highest BCUT2D eigenvalue weighted by molar-refractivity contribution is 8.00. The van der Waals surface area contributed by atoms with Gasteiger partial charge in [0.05, 0.1) is 23.6 Å². The second kappa shape index (κ2) is 7.13. The Morgan fingerprint density at radius 2 is 2.04 bits per heavy atom. The van der Waals surface area contributed by atoms with Gasteiger partial charge in [-0.05, 0) is 18.2 Å². The summed E-state index contributed by atoms with van der Waals surface area (Å²) < 4.78 is 46.1. The SMILES string of the molecule is COCCN1C(=O)CSC1c1ccn(-c2ccccc2C(F)(F)F)c1. The molecule has 1 aliphatic heterocycles. The summed E-state index contributed by atoms with van der Waals surface area (Å²) in [6.45, 7) is 0.873. The molecule has 134 valence electrons. The van der Waals surface area contributed by atoms with Crippen LogP contribution in [0.5, 0.6) is 0 Å². The molecule has 1 atom stereocenters. The van der Waals surface area contributed by atoms with Crippen molar-refractivity contribution in [3.05, 3.63) is 53.9 Å². The summed E-state index contributed by atoms with van der Waals surface area (Å²) in [6, 6.07) is 7.19. The number of alkyl halides is 3. The fraction of sp³-hybridized carbons (Fsp3) is 0.353. The van der Waals surface area contributed by atoms with E-state index >= 15 is 0 Å². The van der Waals surface area contributed by atoms with Crippen LogP contribution < -0.4 is 0 Å². The largest absolute Gasteiger partial charge is 0.418 e. The molecule has 1 unspecified atom stereocenters. The van der Waals surface area contributed by atoms with E-state index in [1.807, 2.05) is 0 Å². The first-order chi connectivity index (χ1) is 11.9. The van der Waals surface area contributed by atoms with Gasteiger partial charge in [-0.1, -0.05) is 12.1 Å². The van der Waals surface area contributed by atoms with Gasteiger partial charge < -0.3 is 14.2 Å². The van der Waals surface area contributed by atoms with Crippen LogP contribution in [0.2, 0.25) is 0 Å². The molecular formula is C17H17F3N2O2S. The first-order valence-corrected chi connectivity index (χ1v) is 8.71. The summed E-state index contributed by atoms with van der Waals surface area (Å²) in [5, 5.41) is -0.207. The van der Waals surface area contributed by atoms with Crippen LogP contribution in [-0.2, 0) is 15.7 Å². The maximum Gasteiger partial charge on any atom is 0.418 e. The number of rotatable bonds is 5. The number of para-hydroxylation sites is 1. The molecule has 4 nitrogen and oxygen atoms in total. The number of aromatic nitrogens is 1. The standard InChI is InChI=1S/C17H17F3N2O2S/c1-24-9-8-22-15(23)11-25-16(22)12-6-7-21(10-12)14-5-3-2-4-13(14)17(18,19)20/h2-7,10,16H,8-9,11H2,1H3. The Balaban J connectivity index is 1.90. The molecule has 2 heterocycles. The molecule has 1 aliphatic rings. The molecule has 25 heavy (non-hydrogen) atoms. The summed E-state index contributed by atoms with van der Waals surface area (Å²) in [5.74, 6) is 0.370. The van der Waals surface area contributed by atoms with Crippen LogP contribution >= 0.6 is 11.8 Å². The van der Waals surface area contributed by atoms with E-state index in [9.17, 15) is 18.0 Å². The molecule has 0 radical (unpaired) electrons. The van der Waals surface area contributed by atoms with Gasteiger partial charge in [0.1, 0.15) is 5.37 Å². The molecule has 1 fully saturated rings. The van der Waals surface area contributed by atoms with Crippen molar-refractivity contribution < 1.29 is 22.7 Å². The molecule has 1 aromatic heterocycles. The third kappa shape index (κ3) is 3.69. The number of amides is 1. The van der Waals surface area contributed by atoms with Crippen molar-refractivity contribution in [2.75, 3.05) is 26.0 Å². The minimum atomic E-state index is -4.43. The van der Waals surface area contributed by atoms with Gasteiger partial charge in [0.15, 0.2) is 0 Å². The molecule has 3 rings (SSSR count). The van der Waals surface area contributed by atoms with Gasteiger partial charge in [-0.2, -0.15) is 13.2 Å². The highest BCUT2D eigenvalue weighted by Crippen LogP contribution is 2.39. The van der Waals surface area contributed by atoms with Crippen molar-refractivity contribution in [1.29, 1.82) is 0 Å². The number of benzene rings is 1. The first-order valence-electron chi connectivity index (χ1n) is 7.66. The average molecular weight is 370 g/mol. The topological polar surface area (TPSA) is 34.5 Å². The maximum absolute atomic E-state index is 13.2. The van der Waals surface area contributed by atoms with Gasteiger partial charge in [0, 0.05) is 31.6 Å². The Morgan fingerprint density at radius 1 is 1.28 bits per heavy atom. The summed E-state index contributed by atoms with van der Waals surface area (Å²) in [6.07, 6.45) is -1.18. The minimum Gasteiger partial charge on any atom is -0.383 e. The number of carbonyl (C=O) groups excluding carboxylic acids is 1. The van der Waals surface area contributed by atoms with Crippen LogP contribution in [0.15, 0.2) is 42.7 Å². The lowest BCUT2D eigenvalue weighted by atomic mass is 10.1. The molecule has 0 bridgehead atoms. The van der Waals surface area contributed by atoms with Gasteiger partial charge in [-0.15, -0.1) is 11.8 Å². The van der Waals surface area contributed by atoms with Crippen LogP contribution in [0.25, 0.3) is 5.69 Å². The summed E-state index contributed by atoms with van der Waals surface area (Å²) in [5.41, 5.74) is 0.173. The van der Waals surface area contributed by atoms with E-state index in [0.29, 0.717) is 18.9 Å². The van der Waals surface area contributed by atoms with Gasteiger partial charge in [0.25, 0.3) is 0 Å². The van der Waals surface area contributed by atoms with Gasteiger partial charge >= 0.3 is 6.18 Å². The number of thioether (sulfide) groups is 1. The zero-order valence-corrected chi connectivity index (χ0v) is 14.3. The predicted octanol–water partition coefficient (Wildman–Crippen LogP) is 3.72. The first kappa shape index (κ1) is 17.9. The number of halogens is 3. The zero-order valence-electron chi connectivity index (χ0n) is 13.5. The second-order valence-electron chi connectivity index (χ2n) is 5.61. The van der Waals surface area contributed by atoms with Gasteiger partial charge in [0.2, 0.25) is 5.91 Å². The predicted molar refractivity (Wildman–Crippen MR) is 89.6 cm³/mol. The highest BCUT2D eigenvalue weighted by atomic mass is 32.2. The monoisotopic (exact) mass is 370 g/mol. The zero-order chi connectivity index (χ0) is 18.0. The second-order valence-corrected chi connectivity index (χ2v) is 6.68. The van der Waals surface area contributed by atoms with Crippen LogP contribution in [0.4, 0.5) is 13.2 Å². The lowest BCUT2D eigenvalue weighted by Crippen LogP contribution is -2.31. The lowest BCUT2D eigenvalue weighted by Gasteiger charge is -2.22. The molecule has 0 saturated carbocycles. The van der Waals surface area contributed by atoms with Crippen LogP contribution in [0.1, 0.15) is 16.5 Å². The molecule has 0 aliphatic carbocycles. The molecule has 1 aromatic carbocycles. The smallest absolute Gasteiger partial charge is 0.383 e. The molecule has 1 amide bonds. The van der Waals surface area contributed by atoms with Crippen molar-refractivity contribution in [3.8, 4) is 5.69 Å². The average Bonchev–Trinajstić information content (AvgIpc) is 3.19. The van der Waals surface area contributed by atoms with Crippen molar-refractivity contribution in [3.63, 3.8) is 0 Å². The van der Waals surface area contributed by atoms with E-state index in [2.05, 4.69) is 0 Å². The molecular weight excluding hydrogens is 353 g/mol. The van der Waals surface area contributed by atoms with Crippen LogP contribution in [-0.4, -0.2) is 41.4 Å². The Labute approximate surface area is 147 Å². The van der Waals surface area contributed by atoms with Gasteiger partial charge in [-0.25, -0.2) is 0 Å². The van der Waals surface area contributed by atoms with Crippen molar-refractivity contribution in [1.82, 2.24) is 9.47 Å². The quantitative estimate of drug-likeness (QED) is 0.805. The number of ether oxygens (including phenoxy) is 1. The third-order valence-electron chi connectivity index (χ3n) is 3.99. The summed E-state index contributed by atoms with van der Waals surface area (Å²) >= 11 is 1.47. The van der Waals surface area contributed by atoms with E-state index in [-0.39, 0.29) is 17.0 Å². The summed E-state index contributed by atoms with van der Waals surface area (Å²) in [7, 11) is 1.56. The van der Waals surface area contributed by atoms with Crippen LogP contribution in [0.3, 0.4) is 0 Å². The van der Waals surface area contributed by atoms with E-state index in [1.165, 1.54) is 28.5 Å². The van der Waals surface area contributed by atoms with E-state index < -0.39 is 11.7 Å². The molecule has 2 aromatic rings. The number of carbonyl (C=O) groups is 1. The Hall–Kier alpha value is -1.93. The van der Waals surface area contributed by atoms with Crippen molar-refractivity contribution >= 4 is 17.7 Å². The fourth-order valence-electron chi connectivity index (χ4n) is 2.81.